The zero-order valence-electron chi connectivity index (χ0n) is 15.2. The number of allylic oxidation sites excluding steroid dienone is 2. The highest BCUT2D eigenvalue weighted by molar-refractivity contribution is 6.06. The lowest BCUT2D eigenvalue weighted by Gasteiger charge is -2.34. The summed E-state index contributed by atoms with van der Waals surface area (Å²) in [6.45, 7) is 1.67. The summed E-state index contributed by atoms with van der Waals surface area (Å²) >= 11 is 0. The SMILES string of the molecule is CC1(Cc2ccccc2)NC(=O)/C(=C/C=C/c2ccccc2[N+](=O)[O-])NC1=O. The molecule has 0 aromatic heterocycles. The molecule has 1 fully saturated rings. The van der Waals surface area contributed by atoms with Gasteiger partial charge in [-0.25, -0.2) is 0 Å². The lowest BCUT2D eigenvalue weighted by atomic mass is 9.89. The molecule has 2 N–H and O–H groups in total. The molecule has 1 aliphatic heterocycles. The Kier molecular flexibility index (Phi) is 5.35. The fourth-order valence-corrected chi connectivity index (χ4v) is 2.98. The Balaban J connectivity index is 1.75. The van der Waals surface area contributed by atoms with E-state index in [1.807, 2.05) is 30.3 Å². The van der Waals surface area contributed by atoms with Crippen LogP contribution < -0.4 is 10.6 Å². The van der Waals surface area contributed by atoms with Crippen LogP contribution in [-0.4, -0.2) is 22.3 Å². The molecule has 2 amide bonds. The Hall–Kier alpha value is -3.74. The number of nitrogens with one attached hydrogen (secondary N) is 2. The predicted octanol–water partition coefficient (Wildman–Crippen LogP) is 2.74. The molecule has 28 heavy (non-hydrogen) atoms. The van der Waals surface area contributed by atoms with Gasteiger partial charge >= 0.3 is 0 Å². The molecule has 1 aliphatic rings. The van der Waals surface area contributed by atoms with Crippen molar-refractivity contribution in [2.45, 2.75) is 18.9 Å². The van der Waals surface area contributed by atoms with E-state index < -0.39 is 16.4 Å². The maximum Gasteiger partial charge on any atom is 0.276 e. The maximum atomic E-state index is 12.6. The fourth-order valence-electron chi connectivity index (χ4n) is 2.98. The van der Waals surface area contributed by atoms with E-state index in [0.717, 1.165) is 5.56 Å². The Morgan fingerprint density at radius 2 is 1.75 bits per heavy atom. The summed E-state index contributed by atoms with van der Waals surface area (Å²) in [5.41, 5.74) is 0.331. The molecule has 1 atom stereocenters. The second kappa shape index (κ2) is 7.87. The molecule has 3 rings (SSSR count). The fraction of sp³-hybridized carbons (Fsp3) is 0.143. The second-order valence-electron chi connectivity index (χ2n) is 6.66. The first-order chi connectivity index (χ1) is 13.4. The molecule has 1 unspecified atom stereocenters. The van der Waals surface area contributed by atoms with Crippen molar-refractivity contribution in [1.29, 1.82) is 0 Å². The Bertz CT molecular complexity index is 982. The van der Waals surface area contributed by atoms with Crippen LogP contribution in [0.5, 0.6) is 0 Å². The first-order valence-corrected chi connectivity index (χ1v) is 8.69. The van der Waals surface area contributed by atoms with Gasteiger partial charge in [-0.1, -0.05) is 48.5 Å². The molecule has 142 valence electrons. The van der Waals surface area contributed by atoms with Gasteiger partial charge in [0.2, 0.25) is 5.91 Å². The largest absolute Gasteiger partial charge is 0.336 e. The first-order valence-electron chi connectivity index (χ1n) is 8.69. The van der Waals surface area contributed by atoms with Crippen LogP contribution in [0, 0.1) is 10.1 Å². The van der Waals surface area contributed by atoms with Crippen molar-refractivity contribution >= 4 is 23.6 Å². The van der Waals surface area contributed by atoms with Crippen LogP contribution in [0.2, 0.25) is 0 Å². The number of hydrogen-bond acceptors (Lipinski definition) is 4. The minimum Gasteiger partial charge on any atom is -0.336 e. The number of hydrogen-bond donors (Lipinski definition) is 2. The van der Waals surface area contributed by atoms with Gasteiger partial charge in [-0.3, -0.25) is 19.7 Å². The van der Waals surface area contributed by atoms with E-state index in [2.05, 4.69) is 10.6 Å². The van der Waals surface area contributed by atoms with Gasteiger partial charge in [-0.2, -0.15) is 0 Å². The van der Waals surface area contributed by atoms with E-state index >= 15 is 0 Å². The molecule has 0 saturated carbocycles. The molecule has 7 nitrogen and oxygen atoms in total. The molecular weight excluding hydrogens is 358 g/mol. The number of nitro groups is 1. The topological polar surface area (TPSA) is 101 Å². The van der Waals surface area contributed by atoms with Gasteiger partial charge in [-0.05, 0) is 30.7 Å². The smallest absolute Gasteiger partial charge is 0.276 e. The standard InChI is InChI=1S/C21H19N3O4/c1-21(14-15-8-3-2-4-9-15)20(26)22-17(19(25)23-21)12-7-11-16-10-5-6-13-18(16)24(27)28/h2-13H,14H2,1H3,(H,22,26)(H,23,25)/b11-7+,17-12-. The minimum absolute atomic E-state index is 0.0373. The Morgan fingerprint density at radius 3 is 2.46 bits per heavy atom. The van der Waals surface area contributed by atoms with E-state index in [1.165, 1.54) is 24.3 Å². The van der Waals surface area contributed by atoms with E-state index in [1.54, 1.807) is 25.1 Å². The van der Waals surface area contributed by atoms with Crippen molar-refractivity contribution in [3.05, 3.63) is 93.7 Å². The average Bonchev–Trinajstić information content (AvgIpc) is 2.67. The quantitative estimate of drug-likeness (QED) is 0.475. The number of benzene rings is 2. The lowest BCUT2D eigenvalue weighted by molar-refractivity contribution is -0.385. The van der Waals surface area contributed by atoms with E-state index in [9.17, 15) is 19.7 Å². The molecular formula is C21H19N3O4. The monoisotopic (exact) mass is 377 g/mol. The number of carbonyl (C=O) groups is 2. The van der Waals surface area contributed by atoms with Gasteiger partial charge in [0.15, 0.2) is 0 Å². The minimum atomic E-state index is -1.06. The average molecular weight is 377 g/mol. The number of carbonyl (C=O) groups excluding carboxylic acids is 2. The zero-order chi connectivity index (χ0) is 20.1. The third-order valence-corrected chi connectivity index (χ3v) is 4.46. The highest BCUT2D eigenvalue weighted by Crippen LogP contribution is 2.20. The van der Waals surface area contributed by atoms with Crippen LogP contribution in [0.4, 0.5) is 5.69 Å². The summed E-state index contributed by atoms with van der Waals surface area (Å²) in [4.78, 5) is 35.6. The summed E-state index contributed by atoms with van der Waals surface area (Å²) in [5, 5.41) is 16.4. The third kappa shape index (κ3) is 4.15. The summed E-state index contributed by atoms with van der Waals surface area (Å²) < 4.78 is 0. The number of nitrogens with zero attached hydrogens (tertiary/aromatic N) is 1. The van der Waals surface area contributed by atoms with Crippen LogP contribution in [0.1, 0.15) is 18.1 Å². The first kappa shape index (κ1) is 19.0. The molecule has 0 spiro atoms. The van der Waals surface area contributed by atoms with Crippen molar-refractivity contribution in [2.75, 3.05) is 0 Å². The molecule has 1 heterocycles. The van der Waals surface area contributed by atoms with Gasteiger partial charge < -0.3 is 10.6 Å². The van der Waals surface area contributed by atoms with Crippen molar-refractivity contribution in [2.24, 2.45) is 0 Å². The molecule has 0 radical (unpaired) electrons. The van der Waals surface area contributed by atoms with Crippen molar-refractivity contribution in [3.8, 4) is 0 Å². The van der Waals surface area contributed by atoms with E-state index in [0.29, 0.717) is 12.0 Å². The van der Waals surface area contributed by atoms with Crippen LogP contribution >= 0.6 is 0 Å². The lowest BCUT2D eigenvalue weighted by Crippen LogP contribution is -2.64. The molecule has 0 bridgehead atoms. The highest BCUT2D eigenvalue weighted by atomic mass is 16.6. The van der Waals surface area contributed by atoms with Crippen LogP contribution in [0.15, 0.2) is 72.4 Å². The van der Waals surface area contributed by atoms with Crippen molar-refractivity contribution < 1.29 is 14.5 Å². The normalized spacial score (nSPS) is 20.8. The second-order valence-corrected chi connectivity index (χ2v) is 6.66. The number of nitro benzene ring substituents is 1. The summed E-state index contributed by atoms with van der Waals surface area (Å²) in [5.74, 6) is -0.730. The van der Waals surface area contributed by atoms with Gasteiger partial charge in [0, 0.05) is 12.5 Å². The van der Waals surface area contributed by atoms with Crippen molar-refractivity contribution in [3.63, 3.8) is 0 Å². The molecule has 0 aliphatic carbocycles. The maximum absolute atomic E-state index is 12.6. The van der Waals surface area contributed by atoms with E-state index in [-0.39, 0.29) is 17.3 Å². The predicted molar refractivity (Wildman–Crippen MR) is 105 cm³/mol. The number of para-hydroxylation sites is 1. The zero-order valence-corrected chi connectivity index (χ0v) is 15.2. The van der Waals surface area contributed by atoms with Gasteiger partial charge in [-0.15, -0.1) is 0 Å². The number of rotatable bonds is 5. The molecule has 1 saturated heterocycles. The summed E-state index contributed by atoms with van der Waals surface area (Å²) in [6, 6.07) is 15.7. The number of piperazine rings is 1. The number of amides is 2. The van der Waals surface area contributed by atoms with Crippen molar-refractivity contribution in [1.82, 2.24) is 10.6 Å². The highest BCUT2D eigenvalue weighted by Gasteiger charge is 2.40. The molecule has 2 aromatic rings. The van der Waals surface area contributed by atoms with Gasteiger partial charge in [0.1, 0.15) is 11.2 Å². The van der Waals surface area contributed by atoms with Crippen LogP contribution in [-0.2, 0) is 16.0 Å². The summed E-state index contributed by atoms with van der Waals surface area (Å²) in [6.07, 6.45) is 4.80. The summed E-state index contributed by atoms with van der Waals surface area (Å²) in [7, 11) is 0. The van der Waals surface area contributed by atoms with Gasteiger partial charge in [0.25, 0.3) is 11.6 Å². The van der Waals surface area contributed by atoms with Gasteiger partial charge in [0.05, 0.1) is 10.5 Å². The Morgan fingerprint density at radius 1 is 1.07 bits per heavy atom. The van der Waals surface area contributed by atoms with Crippen LogP contribution in [0.3, 0.4) is 0 Å². The third-order valence-electron chi connectivity index (χ3n) is 4.46. The van der Waals surface area contributed by atoms with Crippen LogP contribution in [0.25, 0.3) is 6.08 Å². The van der Waals surface area contributed by atoms with E-state index in [4.69, 9.17) is 0 Å². The Labute approximate surface area is 161 Å². The molecule has 2 aromatic carbocycles. The molecule has 7 heteroatoms.